The van der Waals surface area contributed by atoms with Gasteiger partial charge in [0.15, 0.2) is 0 Å². The van der Waals surface area contributed by atoms with E-state index in [1.54, 1.807) is 6.08 Å². The minimum absolute atomic E-state index is 0.0598. The van der Waals surface area contributed by atoms with Crippen LogP contribution in [0.15, 0.2) is 36.5 Å². The monoisotopic (exact) mass is 868 g/mol. The number of nitrogens with one attached hydrogen (secondary N) is 1. The van der Waals surface area contributed by atoms with Gasteiger partial charge in [-0.3, -0.25) is 13.8 Å². The zero-order chi connectivity index (χ0) is 44.3. The second kappa shape index (κ2) is 43.0. The molecule has 8 nitrogen and oxygen atoms in total. The fraction of sp³-hybridized carbons (Fsp3) is 0.863. The molecule has 0 aromatic rings. The lowest BCUT2D eigenvalue weighted by Crippen LogP contribution is -2.45. The maximum absolute atomic E-state index is 12.9. The zero-order valence-corrected chi connectivity index (χ0v) is 41.1. The van der Waals surface area contributed by atoms with E-state index in [9.17, 15) is 19.4 Å². The molecule has 0 spiro atoms. The number of carbonyl (C=O) groups excluding carboxylic acids is 1. The van der Waals surface area contributed by atoms with Crippen molar-refractivity contribution in [1.29, 1.82) is 0 Å². The van der Waals surface area contributed by atoms with Crippen LogP contribution < -0.4 is 5.32 Å². The van der Waals surface area contributed by atoms with Crippen molar-refractivity contribution >= 4 is 13.7 Å². The van der Waals surface area contributed by atoms with Gasteiger partial charge < -0.3 is 19.8 Å². The Morgan fingerprint density at radius 2 is 0.950 bits per heavy atom. The van der Waals surface area contributed by atoms with Gasteiger partial charge in [0.1, 0.15) is 13.2 Å². The molecule has 0 radical (unpaired) electrons. The molecule has 9 heteroatoms. The number of aliphatic hydroxyl groups excluding tert-OH is 1. The van der Waals surface area contributed by atoms with Crippen LogP contribution in [0.2, 0.25) is 0 Å². The summed E-state index contributed by atoms with van der Waals surface area (Å²) in [5.41, 5.74) is 0. The third-order valence-corrected chi connectivity index (χ3v) is 12.3. The van der Waals surface area contributed by atoms with Crippen LogP contribution in [-0.4, -0.2) is 73.4 Å². The Morgan fingerprint density at radius 3 is 1.37 bits per heavy atom. The molecule has 3 N–H and O–H groups in total. The highest BCUT2D eigenvalue weighted by atomic mass is 31.2. The first kappa shape index (κ1) is 58.7. The van der Waals surface area contributed by atoms with Crippen molar-refractivity contribution in [3.63, 3.8) is 0 Å². The summed E-state index contributed by atoms with van der Waals surface area (Å²) in [5.74, 6) is -0.184. The number of unbranched alkanes of at least 4 members (excludes halogenated alkanes) is 29. The van der Waals surface area contributed by atoms with Gasteiger partial charge in [-0.25, -0.2) is 4.57 Å². The average molecular weight is 868 g/mol. The van der Waals surface area contributed by atoms with Crippen molar-refractivity contribution in [2.45, 2.75) is 244 Å². The quantitative estimate of drug-likeness (QED) is 0.0244. The van der Waals surface area contributed by atoms with Crippen molar-refractivity contribution in [2.75, 3.05) is 40.9 Å². The summed E-state index contributed by atoms with van der Waals surface area (Å²) in [6.45, 7) is 4.82. The Balaban J connectivity index is 4.30. The maximum Gasteiger partial charge on any atom is 0.472 e. The van der Waals surface area contributed by atoms with Crippen LogP contribution in [-0.2, 0) is 18.4 Å². The molecule has 0 aliphatic carbocycles. The molecule has 60 heavy (non-hydrogen) atoms. The number of amides is 1. The van der Waals surface area contributed by atoms with E-state index in [0.29, 0.717) is 17.4 Å². The lowest BCUT2D eigenvalue weighted by atomic mass is 10.0. The van der Waals surface area contributed by atoms with Gasteiger partial charge >= 0.3 is 7.82 Å². The van der Waals surface area contributed by atoms with Gasteiger partial charge in [-0.15, -0.1) is 0 Å². The molecule has 3 unspecified atom stereocenters. The largest absolute Gasteiger partial charge is 0.472 e. The van der Waals surface area contributed by atoms with E-state index in [2.05, 4.69) is 43.5 Å². The number of quaternary nitrogens is 1. The molecular weight excluding hydrogens is 768 g/mol. The normalized spacial score (nSPS) is 14.4. The molecule has 0 rings (SSSR count). The summed E-state index contributed by atoms with van der Waals surface area (Å²) in [4.78, 5) is 23.2. The van der Waals surface area contributed by atoms with Crippen LogP contribution in [0.25, 0.3) is 0 Å². The first-order valence-electron chi connectivity index (χ1n) is 25.4. The Morgan fingerprint density at radius 1 is 0.567 bits per heavy atom. The molecule has 0 fully saturated rings. The van der Waals surface area contributed by atoms with Crippen LogP contribution in [0.1, 0.15) is 232 Å². The molecule has 3 atom stereocenters. The van der Waals surface area contributed by atoms with Gasteiger partial charge in [-0.05, 0) is 51.4 Å². The highest BCUT2D eigenvalue weighted by molar-refractivity contribution is 7.47. The molecule has 354 valence electrons. The maximum atomic E-state index is 12.9. The molecular formula is C51H100N2O6P+. The highest BCUT2D eigenvalue weighted by Crippen LogP contribution is 2.43. The smallest absolute Gasteiger partial charge is 0.387 e. The Bertz CT molecular complexity index is 1070. The van der Waals surface area contributed by atoms with Crippen LogP contribution in [0.3, 0.4) is 0 Å². The minimum Gasteiger partial charge on any atom is -0.387 e. The number of phosphoric acid groups is 1. The van der Waals surface area contributed by atoms with E-state index in [4.69, 9.17) is 9.05 Å². The summed E-state index contributed by atoms with van der Waals surface area (Å²) >= 11 is 0. The second-order valence-corrected chi connectivity index (χ2v) is 20.0. The lowest BCUT2D eigenvalue weighted by Gasteiger charge is -2.25. The fourth-order valence-electron chi connectivity index (χ4n) is 7.31. The van der Waals surface area contributed by atoms with Crippen LogP contribution in [0.4, 0.5) is 0 Å². The number of phosphoric ester groups is 1. The average Bonchev–Trinajstić information content (AvgIpc) is 3.20. The third kappa shape index (κ3) is 44.8. The van der Waals surface area contributed by atoms with Crippen molar-refractivity contribution in [3.05, 3.63) is 36.5 Å². The summed E-state index contributed by atoms with van der Waals surface area (Å²) < 4.78 is 23.6. The van der Waals surface area contributed by atoms with Crippen molar-refractivity contribution < 1.29 is 32.9 Å². The third-order valence-electron chi connectivity index (χ3n) is 11.4. The Hall–Kier alpha value is -1.28. The van der Waals surface area contributed by atoms with E-state index >= 15 is 0 Å². The number of aliphatic hydroxyl groups is 1. The van der Waals surface area contributed by atoms with Crippen LogP contribution in [0.5, 0.6) is 0 Å². The van der Waals surface area contributed by atoms with E-state index in [1.165, 1.54) is 161 Å². The Labute approximate surface area is 372 Å². The van der Waals surface area contributed by atoms with Gasteiger partial charge in [-0.2, -0.15) is 0 Å². The standard InChI is InChI=1S/C51H99N2O6P/c1-6-8-10-12-14-16-18-20-22-23-24-25-26-27-28-29-31-33-35-37-39-41-43-45-51(55)52-49(48-59-60(56,57)58-47-46-53(3,4)5)50(54)44-42-40-38-36-34-32-30-21-19-17-15-13-11-9-7-2/h24-25,27-28,42,44,49-50,54H,6-23,26,29-41,43,45-48H2,1-5H3,(H-,52,55,56,57)/p+1/b25-24-,28-27-,44-42+. The van der Waals surface area contributed by atoms with Crippen LogP contribution in [0, 0.1) is 0 Å². The highest BCUT2D eigenvalue weighted by Gasteiger charge is 2.27. The summed E-state index contributed by atoms with van der Waals surface area (Å²) in [6.07, 6.45) is 53.6. The number of rotatable bonds is 46. The SMILES string of the molecule is CCCCCCCCCCC/C=C\C/C=C\CCCCCCCCCC(=O)NC(COP(=O)(O)OCC[N+](C)(C)C)C(O)/C=C/CCCCCCCCCCCCCCC. The Kier molecular flexibility index (Phi) is 42.1. The zero-order valence-electron chi connectivity index (χ0n) is 40.2. The van der Waals surface area contributed by atoms with Gasteiger partial charge in [0.05, 0.1) is 39.9 Å². The summed E-state index contributed by atoms with van der Waals surface area (Å²) in [5, 5.41) is 13.9. The van der Waals surface area contributed by atoms with E-state index in [0.717, 1.165) is 51.4 Å². The van der Waals surface area contributed by atoms with E-state index in [-0.39, 0.29) is 19.1 Å². The van der Waals surface area contributed by atoms with Crippen LogP contribution >= 0.6 is 7.82 Å². The number of allylic oxidation sites excluding steroid dienone is 5. The van der Waals surface area contributed by atoms with Crippen molar-refractivity contribution in [3.8, 4) is 0 Å². The van der Waals surface area contributed by atoms with Gasteiger partial charge in [-0.1, -0.05) is 211 Å². The number of nitrogens with zero attached hydrogens (tertiary/aromatic N) is 1. The lowest BCUT2D eigenvalue weighted by molar-refractivity contribution is -0.870. The van der Waals surface area contributed by atoms with Gasteiger partial charge in [0, 0.05) is 6.42 Å². The molecule has 0 saturated heterocycles. The number of carbonyl (C=O) groups is 1. The van der Waals surface area contributed by atoms with Gasteiger partial charge in [0.2, 0.25) is 5.91 Å². The summed E-state index contributed by atoms with van der Waals surface area (Å²) in [6, 6.07) is -0.850. The first-order valence-corrected chi connectivity index (χ1v) is 26.9. The molecule has 0 bridgehead atoms. The fourth-order valence-corrected chi connectivity index (χ4v) is 8.04. The van der Waals surface area contributed by atoms with Gasteiger partial charge in [0.25, 0.3) is 0 Å². The second-order valence-electron chi connectivity index (χ2n) is 18.5. The number of hydrogen-bond donors (Lipinski definition) is 3. The molecule has 0 aromatic heterocycles. The molecule has 0 aliphatic rings. The number of hydrogen-bond acceptors (Lipinski definition) is 5. The van der Waals surface area contributed by atoms with Crippen molar-refractivity contribution in [2.24, 2.45) is 0 Å². The molecule has 0 aliphatic heterocycles. The summed E-state index contributed by atoms with van der Waals surface area (Å²) in [7, 11) is 1.57. The predicted octanol–water partition coefficient (Wildman–Crippen LogP) is 14.6. The van der Waals surface area contributed by atoms with Crippen molar-refractivity contribution in [1.82, 2.24) is 5.32 Å². The number of likely N-dealkylation sites (N-methyl/N-ethyl adjacent to an activating group) is 1. The molecule has 0 saturated carbocycles. The topological polar surface area (TPSA) is 105 Å². The first-order chi connectivity index (χ1) is 29.0. The molecule has 0 aromatic carbocycles. The molecule has 0 heterocycles. The predicted molar refractivity (Wildman–Crippen MR) is 258 cm³/mol. The van der Waals surface area contributed by atoms with E-state index < -0.39 is 20.0 Å². The molecule has 1 amide bonds. The minimum atomic E-state index is -4.34. The van der Waals surface area contributed by atoms with E-state index in [1.807, 2.05) is 27.2 Å².